The number of hydrogen-bond acceptors (Lipinski definition) is 7. The molecule has 0 atom stereocenters. The summed E-state index contributed by atoms with van der Waals surface area (Å²) in [7, 11) is 1.59. The minimum absolute atomic E-state index is 0.352. The van der Waals surface area contributed by atoms with E-state index >= 15 is 0 Å². The van der Waals surface area contributed by atoms with Crippen molar-refractivity contribution >= 4 is 29.0 Å². The summed E-state index contributed by atoms with van der Waals surface area (Å²) in [4.78, 5) is 25.7. The zero-order valence-corrected chi connectivity index (χ0v) is 15.5. The number of rotatable bonds is 7. The standard InChI is InChI=1S/C18H22N2O5S/c1-23-14-4-3-13(12-16-17(21)19-18(22)26-16)11-15(14)25-8-2-5-20-6-9-24-10-7-20/h3-4,11-12H,2,5-10H2,1H3,(H,19,21,22). The van der Waals surface area contributed by atoms with Gasteiger partial charge in [0.05, 0.1) is 31.8 Å². The fourth-order valence-corrected chi connectivity index (χ4v) is 3.45. The molecule has 1 N–H and O–H groups in total. The minimum Gasteiger partial charge on any atom is -0.493 e. The lowest BCUT2D eigenvalue weighted by atomic mass is 10.2. The van der Waals surface area contributed by atoms with Crippen LogP contribution < -0.4 is 14.8 Å². The Kier molecular flexibility index (Phi) is 6.54. The van der Waals surface area contributed by atoms with E-state index in [1.807, 2.05) is 12.1 Å². The zero-order valence-electron chi connectivity index (χ0n) is 14.7. The number of nitrogens with zero attached hydrogens (tertiary/aromatic N) is 1. The SMILES string of the molecule is COc1ccc(C=C2SC(=O)NC2=O)cc1OCCCN1CCOCC1. The zero-order chi connectivity index (χ0) is 18.4. The molecule has 2 aliphatic rings. The number of carbonyl (C=O) groups excluding carboxylic acids is 2. The highest BCUT2D eigenvalue weighted by atomic mass is 32.2. The maximum Gasteiger partial charge on any atom is 0.290 e. The van der Waals surface area contributed by atoms with Crippen molar-refractivity contribution in [2.24, 2.45) is 0 Å². The molecule has 0 spiro atoms. The second kappa shape index (κ2) is 9.07. The van der Waals surface area contributed by atoms with Gasteiger partial charge in [-0.05, 0) is 42.0 Å². The molecular formula is C18H22N2O5S. The average molecular weight is 378 g/mol. The fourth-order valence-electron chi connectivity index (χ4n) is 2.76. The van der Waals surface area contributed by atoms with E-state index in [0.717, 1.165) is 56.6 Å². The Morgan fingerprint density at radius 3 is 2.77 bits per heavy atom. The van der Waals surface area contributed by atoms with E-state index in [1.165, 1.54) is 0 Å². The highest BCUT2D eigenvalue weighted by Crippen LogP contribution is 2.31. The molecule has 26 heavy (non-hydrogen) atoms. The van der Waals surface area contributed by atoms with Crippen molar-refractivity contribution in [1.82, 2.24) is 10.2 Å². The van der Waals surface area contributed by atoms with Crippen molar-refractivity contribution < 1.29 is 23.8 Å². The Labute approximate surface area is 156 Å². The van der Waals surface area contributed by atoms with Gasteiger partial charge in [-0.1, -0.05) is 6.07 Å². The van der Waals surface area contributed by atoms with Gasteiger partial charge in [-0.15, -0.1) is 0 Å². The number of morpholine rings is 1. The molecule has 2 amide bonds. The highest BCUT2D eigenvalue weighted by Gasteiger charge is 2.25. The molecule has 2 saturated heterocycles. The van der Waals surface area contributed by atoms with Gasteiger partial charge in [0.25, 0.3) is 11.1 Å². The predicted molar refractivity (Wildman–Crippen MR) is 99.5 cm³/mol. The first-order valence-corrected chi connectivity index (χ1v) is 9.33. The second-order valence-corrected chi connectivity index (χ2v) is 6.93. The number of carbonyl (C=O) groups is 2. The van der Waals surface area contributed by atoms with Crippen LogP contribution in [0, 0.1) is 0 Å². The van der Waals surface area contributed by atoms with Crippen molar-refractivity contribution in [3.05, 3.63) is 28.7 Å². The molecule has 1 aromatic carbocycles. The van der Waals surface area contributed by atoms with Crippen LogP contribution in [0.3, 0.4) is 0 Å². The van der Waals surface area contributed by atoms with E-state index in [-0.39, 0.29) is 11.1 Å². The quantitative estimate of drug-likeness (QED) is 0.575. The van der Waals surface area contributed by atoms with E-state index in [0.29, 0.717) is 23.0 Å². The van der Waals surface area contributed by atoms with E-state index in [9.17, 15) is 9.59 Å². The molecule has 2 heterocycles. The number of thioether (sulfide) groups is 1. The van der Waals surface area contributed by atoms with E-state index in [4.69, 9.17) is 14.2 Å². The van der Waals surface area contributed by atoms with Gasteiger partial charge >= 0.3 is 0 Å². The van der Waals surface area contributed by atoms with Gasteiger partial charge < -0.3 is 14.2 Å². The number of methoxy groups -OCH3 is 1. The first kappa shape index (κ1) is 18.8. The summed E-state index contributed by atoms with van der Waals surface area (Å²) in [6, 6.07) is 5.43. The summed E-state index contributed by atoms with van der Waals surface area (Å²) in [5, 5.41) is 1.89. The molecule has 0 unspecified atom stereocenters. The third-order valence-electron chi connectivity index (χ3n) is 4.11. The number of hydrogen-bond donors (Lipinski definition) is 1. The van der Waals surface area contributed by atoms with Gasteiger partial charge in [-0.3, -0.25) is 19.8 Å². The fraction of sp³-hybridized carbons (Fsp3) is 0.444. The van der Waals surface area contributed by atoms with Crippen LogP contribution in [0.25, 0.3) is 6.08 Å². The van der Waals surface area contributed by atoms with Crippen LogP contribution in [-0.4, -0.2) is 62.6 Å². The molecule has 1 aromatic rings. The predicted octanol–water partition coefficient (Wildman–Crippen LogP) is 2.12. The first-order chi connectivity index (χ1) is 12.7. The third-order valence-corrected chi connectivity index (χ3v) is 4.92. The van der Waals surface area contributed by atoms with Crippen LogP contribution >= 0.6 is 11.8 Å². The van der Waals surface area contributed by atoms with Crippen LogP contribution in [0.5, 0.6) is 11.5 Å². The Morgan fingerprint density at radius 2 is 2.08 bits per heavy atom. The first-order valence-electron chi connectivity index (χ1n) is 8.51. The van der Waals surface area contributed by atoms with Crippen LogP contribution in [-0.2, 0) is 9.53 Å². The van der Waals surface area contributed by atoms with Crippen LogP contribution in [0.2, 0.25) is 0 Å². The van der Waals surface area contributed by atoms with Gasteiger partial charge in [-0.25, -0.2) is 0 Å². The lowest BCUT2D eigenvalue weighted by Crippen LogP contribution is -2.37. The van der Waals surface area contributed by atoms with Crippen molar-refractivity contribution in [3.8, 4) is 11.5 Å². The number of ether oxygens (including phenoxy) is 3. The Balaban J connectivity index is 1.59. The number of nitrogens with one attached hydrogen (secondary N) is 1. The van der Waals surface area contributed by atoms with E-state index in [1.54, 1.807) is 19.3 Å². The van der Waals surface area contributed by atoms with E-state index in [2.05, 4.69) is 10.2 Å². The van der Waals surface area contributed by atoms with E-state index < -0.39 is 0 Å². The largest absolute Gasteiger partial charge is 0.493 e. The van der Waals surface area contributed by atoms with Crippen molar-refractivity contribution in [3.63, 3.8) is 0 Å². The Morgan fingerprint density at radius 1 is 1.27 bits per heavy atom. The van der Waals surface area contributed by atoms with Crippen molar-refractivity contribution in [2.75, 3.05) is 46.6 Å². The molecule has 7 nitrogen and oxygen atoms in total. The van der Waals surface area contributed by atoms with Gasteiger partial charge in [-0.2, -0.15) is 0 Å². The highest BCUT2D eigenvalue weighted by molar-refractivity contribution is 8.18. The number of imide groups is 1. The summed E-state index contributed by atoms with van der Waals surface area (Å²) in [5.41, 5.74) is 0.779. The monoisotopic (exact) mass is 378 g/mol. The molecule has 2 fully saturated rings. The summed E-state index contributed by atoms with van der Waals surface area (Å²) < 4.78 is 16.6. The summed E-state index contributed by atoms with van der Waals surface area (Å²) in [5.74, 6) is 0.889. The Hall–Kier alpha value is -2.03. The molecule has 3 rings (SSSR count). The molecule has 0 saturated carbocycles. The molecular weight excluding hydrogens is 356 g/mol. The van der Waals surface area contributed by atoms with Crippen LogP contribution in [0.4, 0.5) is 4.79 Å². The van der Waals surface area contributed by atoms with Gasteiger partial charge in [0.15, 0.2) is 11.5 Å². The molecule has 0 bridgehead atoms. The second-order valence-electron chi connectivity index (χ2n) is 5.92. The summed E-state index contributed by atoms with van der Waals surface area (Å²) >= 11 is 0.895. The van der Waals surface area contributed by atoms with Crippen LogP contribution in [0.1, 0.15) is 12.0 Å². The lowest BCUT2D eigenvalue weighted by Gasteiger charge is -2.26. The van der Waals surface area contributed by atoms with Crippen molar-refractivity contribution in [2.45, 2.75) is 6.42 Å². The average Bonchev–Trinajstić information content (AvgIpc) is 2.97. The van der Waals surface area contributed by atoms with Crippen LogP contribution in [0.15, 0.2) is 23.1 Å². The molecule has 2 aliphatic heterocycles. The maximum atomic E-state index is 11.7. The molecule has 0 radical (unpaired) electrons. The summed E-state index contributed by atoms with van der Waals surface area (Å²) in [6.45, 7) is 5.05. The van der Waals surface area contributed by atoms with Crippen molar-refractivity contribution in [1.29, 1.82) is 0 Å². The number of amides is 2. The third kappa shape index (κ3) is 5.00. The van der Waals surface area contributed by atoms with Gasteiger partial charge in [0, 0.05) is 19.6 Å². The molecule has 140 valence electrons. The maximum absolute atomic E-state index is 11.7. The normalized spacial score (nSPS) is 19.7. The van der Waals surface area contributed by atoms with Gasteiger partial charge in [0.1, 0.15) is 0 Å². The van der Waals surface area contributed by atoms with Gasteiger partial charge in [0.2, 0.25) is 0 Å². The summed E-state index contributed by atoms with van der Waals surface area (Å²) in [6.07, 6.45) is 2.58. The lowest BCUT2D eigenvalue weighted by molar-refractivity contribution is -0.115. The Bertz CT molecular complexity index is 701. The molecule has 0 aliphatic carbocycles. The molecule has 0 aromatic heterocycles. The number of benzene rings is 1. The smallest absolute Gasteiger partial charge is 0.290 e. The minimum atomic E-state index is -0.371. The molecule has 8 heteroatoms. The topological polar surface area (TPSA) is 77.1 Å².